The summed E-state index contributed by atoms with van der Waals surface area (Å²) < 4.78 is 0. The van der Waals surface area contributed by atoms with E-state index in [-0.39, 0.29) is 10.8 Å². The van der Waals surface area contributed by atoms with E-state index in [2.05, 4.69) is 81.9 Å². The Kier molecular flexibility index (Phi) is 4.21. The summed E-state index contributed by atoms with van der Waals surface area (Å²) in [6.07, 6.45) is 2.10. The molecule has 0 atom stereocenters. The minimum atomic E-state index is 0.0749. The number of hydrogen-bond acceptors (Lipinski definition) is 0. The van der Waals surface area contributed by atoms with Crippen LogP contribution in [-0.2, 0) is 0 Å². The molecule has 0 saturated heterocycles. The quantitative estimate of drug-likeness (QED) is 0.520. The molecule has 0 unspecified atom stereocenters. The van der Waals surface area contributed by atoms with Crippen molar-refractivity contribution in [1.29, 1.82) is 0 Å². The largest absolute Gasteiger partial charge is 0.102 e. The molecule has 0 nitrogen and oxygen atoms in total. The predicted molar refractivity (Wildman–Crippen MR) is 103 cm³/mol. The van der Waals surface area contributed by atoms with Crippen molar-refractivity contribution < 1.29 is 0 Å². The molecule has 0 spiro atoms. The van der Waals surface area contributed by atoms with Crippen molar-refractivity contribution in [3.05, 3.63) is 63.2 Å². The number of hydrogen-bond donors (Lipinski definition) is 0. The number of rotatable bonds is 3. The normalized spacial score (nSPS) is 23.8. The third-order valence-corrected chi connectivity index (χ3v) is 6.87. The lowest BCUT2D eigenvalue weighted by Crippen LogP contribution is -2.25. The molecule has 2 aliphatic rings. The van der Waals surface area contributed by atoms with Crippen molar-refractivity contribution in [2.45, 2.75) is 69.2 Å². The van der Waals surface area contributed by atoms with Crippen LogP contribution in [0, 0.1) is 16.7 Å². The van der Waals surface area contributed by atoms with Crippen LogP contribution in [0.15, 0.2) is 57.2 Å². The zero-order valence-corrected chi connectivity index (χ0v) is 16.8. The van der Waals surface area contributed by atoms with Crippen LogP contribution in [0.4, 0.5) is 0 Å². The fourth-order valence-corrected chi connectivity index (χ4v) is 4.59. The molecule has 0 heteroatoms. The maximum atomic E-state index is 4.21. The summed E-state index contributed by atoms with van der Waals surface area (Å²) >= 11 is 0. The lowest BCUT2D eigenvalue weighted by atomic mass is 9.66. The molecule has 23 heavy (non-hydrogen) atoms. The van der Waals surface area contributed by atoms with Gasteiger partial charge in [0.15, 0.2) is 0 Å². The van der Waals surface area contributed by atoms with Crippen molar-refractivity contribution in [3.8, 4) is 0 Å². The molecule has 0 amide bonds. The topological polar surface area (TPSA) is 0 Å². The summed E-state index contributed by atoms with van der Waals surface area (Å²) in [4.78, 5) is 0. The summed E-state index contributed by atoms with van der Waals surface area (Å²) in [6, 6.07) is 0. The van der Waals surface area contributed by atoms with Crippen LogP contribution in [0.25, 0.3) is 0 Å². The number of allylic oxidation sites excluding steroid dienone is 9. The Morgan fingerprint density at radius 2 is 0.957 bits per heavy atom. The first-order chi connectivity index (χ1) is 10.4. The lowest BCUT2D eigenvalue weighted by Gasteiger charge is -2.36. The zero-order chi connectivity index (χ0) is 17.9. The molecule has 0 fully saturated rings. The highest BCUT2D eigenvalue weighted by Gasteiger charge is 2.45. The smallest absolute Gasteiger partial charge is 0.0493 e. The van der Waals surface area contributed by atoms with Gasteiger partial charge < -0.3 is 0 Å². The maximum Gasteiger partial charge on any atom is 0.0493 e. The van der Waals surface area contributed by atoms with Crippen molar-refractivity contribution in [2.75, 3.05) is 0 Å². The Morgan fingerprint density at radius 1 is 0.652 bits per heavy atom. The van der Waals surface area contributed by atoms with Crippen LogP contribution in [0.2, 0.25) is 0 Å². The van der Waals surface area contributed by atoms with Crippen LogP contribution in [-0.4, -0.2) is 0 Å². The van der Waals surface area contributed by atoms with E-state index in [9.17, 15) is 0 Å². The second kappa shape index (κ2) is 5.36. The molecule has 0 aromatic carbocycles. The summed E-state index contributed by atoms with van der Waals surface area (Å²) in [5.74, 6) is 1.35. The molecule has 1 radical (unpaired) electrons. The van der Waals surface area contributed by atoms with Crippen LogP contribution >= 0.6 is 0 Å². The molecule has 2 rings (SSSR count). The van der Waals surface area contributed by atoms with Crippen molar-refractivity contribution in [2.24, 2.45) is 10.8 Å². The van der Waals surface area contributed by atoms with Gasteiger partial charge in [-0.3, -0.25) is 0 Å². The van der Waals surface area contributed by atoms with Crippen LogP contribution in [0.3, 0.4) is 0 Å². The van der Waals surface area contributed by atoms with Crippen LogP contribution in [0.5, 0.6) is 0 Å². The highest BCUT2D eigenvalue weighted by molar-refractivity contribution is 5.68. The fraction of sp³-hybridized carbons (Fsp3) is 0.522. The third-order valence-electron chi connectivity index (χ3n) is 6.87. The highest BCUT2D eigenvalue weighted by Crippen LogP contribution is 2.58. The predicted octanol–water partition coefficient (Wildman–Crippen LogP) is 7.13. The van der Waals surface area contributed by atoms with Crippen molar-refractivity contribution in [1.82, 2.24) is 0 Å². The molecular weight excluding hydrogens is 276 g/mol. The molecule has 0 aromatic rings. The van der Waals surface area contributed by atoms with Gasteiger partial charge in [-0.05, 0) is 75.0 Å². The molecular formula is C23H33. The van der Waals surface area contributed by atoms with E-state index in [0.717, 1.165) is 0 Å². The first-order valence-electron chi connectivity index (χ1n) is 8.70. The molecule has 0 bridgehead atoms. The highest BCUT2D eigenvalue weighted by atomic mass is 14.5. The summed E-state index contributed by atoms with van der Waals surface area (Å²) in [6.45, 7) is 27.3. The van der Waals surface area contributed by atoms with E-state index in [1.165, 1.54) is 50.5 Å². The van der Waals surface area contributed by atoms with Crippen molar-refractivity contribution >= 4 is 0 Å². The monoisotopic (exact) mass is 309 g/mol. The Balaban J connectivity index is 2.68. The molecule has 0 saturated carbocycles. The van der Waals surface area contributed by atoms with Gasteiger partial charge in [-0.15, -0.1) is 6.58 Å². The standard InChI is InChI=1S/C23H33/c1-12-19(20-15(4)13(2)17(6)22(20,8)9)21-16(5)14(3)18(7)23(21,10)11/h12H,1H2,2-11H3. The van der Waals surface area contributed by atoms with E-state index in [1.807, 2.05) is 0 Å². The molecule has 0 aromatic heterocycles. The van der Waals surface area contributed by atoms with Gasteiger partial charge in [-0.2, -0.15) is 0 Å². The van der Waals surface area contributed by atoms with Crippen molar-refractivity contribution in [3.63, 3.8) is 0 Å². The minimum absolute atomic E-state index is 0.0749. The molecule has 0 heterocycles. The van der Waals surface area contributed by atoms with E-state index in [1.54, 1.807) is 0 Å². The maximum absolute atomic E-state index is 4.21. The van der Waals surface area contributed by atoms with E-state index in [4.69, 9.17) is 0 Å². The zero-order valence-electron chi connectivity index (χ0n) is 16.8. The van der Waals surface area contributed by atoms with Gasteiger partial charge in [0.05, 0.1) is 0 Å². The summed E-state index contributed by atoms with van der Waals surface area (Å²) in [5.41, 5.74) is 11.8. The Hall–Kier alpha value is -1.30. The van der Waals surface area contributed by atoms with Gasteiger partial charge >= 0.3 is 0 Å². The molecule has 2 aliphatic carbocycles. The third kappa shape index (κ3) is 2.25. The van der Waals surface area contributed by atoms with Gasteiger partial charge in [0, 0.05) is 16.7 Å². The average Bonchev–Trinajstić information content (AvgIpc) is 2.72. The molecule has 0 aliphatic heterocycles. The van der Waals surface area contributed by atoms with Crippen LogP contribution in [0.1, 0.15) is 69.2 Å². The van der Waals surface area contributed by atoms with Gasteiger partial charge in [-0.1, -0.05) is 44.9 Å². The van der Waals surface area contributed by atoms with Gasteiger partial charge in [0.25, 0.3) is 0 Å². The average molecular weight is 310 g/mol. The van der Waals surface area contributed by atoms with Crippen LogP contribution < -0.4 is 0 Å². The first kappa shape index (κ1) is 18.0. The Bertz CT molecular complexity index is 638. The summed E-state index contributed by atoms with van der Waals surface area (Å²) in [7, 11) is 0. The summed E-state index contributed by atoms with van der Waals surface area (Å²) in [5, 5.41) is 0. The van der Waals surface area contributed by atoms with Gasteiger partial charge in [0.2, 0.25) is 0 Å². The lowest BCUT2D eigenvalue weighted by molar-refractivity contribution is 0.511. The second-order valence-corrected chi connectivity index (χ2v) is 8.37. The van der Waals surface area contributed by atoms with Gasteiger partial charge in [0.1, 0.15) is 0 Å². The van der Waals surface area contributed by atoms with Gasteiger partial charge in [-0.25, -0.2) is 0 Å². The molecule has 125 valence electrons. The minimum Gasteiger partial charge on any atom is -0.102 e. The Labute approximate surface area is 143 Å². The van der Waals surface area contributed by atoms with E-state index < -0.39 is 0 Å². The molecule has 0 N–H and O–H groups in total. The van der Waals surface area contributed by atoms with E-state index in [0.29, 0.717) is 0 Å². The first-order valence-corrected chi connectivity index (χ1v) is 8.70. The second-order valence-electron chi connectivity index (χ2n) is 8.37. The van der Waals surface area contributed by atoms with E-state index >= 15 is 0 Å². The SMILES string of the molecule is C=C[C](C1=C(C)C(C)=C(C)C1(C)C)C1=C(C)C(C)=C(C)C1(C)C. The Morgan fingerprint density at radius 3 is 1.13 bits per heavy atom. The fourth-order valence-electron chi connectivity index (χ4n) is 4.59.